The topological polar surface area (TPSA) is 58.1 Å². The quantitative estimate of drug-likeness (QED) is 0.746. The van der Waals surface area contributed by atoms with Gasteiger partial charge in [0.1, 0.15) is 0 Å². The summed E-state index contributed by atoms with van der Waals surface area (Å²) in [6.07, 6.45) is 0. The first-order valence-corrected chi connectivity index (χ1v) is 8.47. The van der Waals surface area contributed by atoms with Crippen molar-refractivity contribution in [2.24, 2.45) is 0 Å². The third-order valence-electron chi connectivity index (χ3n) is 3.33. The molecule has 1 N–H and O–H groups in total. The van der Waals surface area contributed by atoms with E-state index in [9.17, 15) is 4.79 Å². The van der Waals surface area contributed by atoms with Gasteiger partial charge in [-0.1, -0.05) is 29.8 Å². The van der Waals surface area contributed by atoms with E-state index in [2.05, 4.69) is 15.5 Å². The second-order valence-corrected chi connectivity index (χ2v) is 6.96. The van der Waals surface area contributed by atoms with E-state index in [1.165, 1.54) is 11.3 Å². The minimum atomic E-state index is -0.284. The van der Waals surface area contributed by atoms with Crippen LogP contribution in [0.2, 0.25) is 4.34 Å². The molecule has 0 saturated heterocycles. The number of hydrogen-bond acceptors (Lipinski definition) is 5. The third-order valence-corrected chi connectivity index (χ3v) is 4.54. The third kappa shape index (κ3) is 4.10. The summed E-state index contributed by atoms with van der Waals surface area (Å²) in [5.41, 5.74) is 0.996. The molecule has 0 aliphatic heterocycles. The SMILES string of the molecule is CN(Cc1ccc(Cl)s1)c1ccc(C(=O)Nc2ccccc2)nn1. The van der Waals surface area contributed by atoms with Gasteiger partial charge in [0.2, 0.25) is 0 Å². The number of hydrogen-bond donors (Lipinski definition) is 1. The molecule has 24 heavy (non-hydrogen) atoms. The van der Waals surface area contributed by atoms with Gasteiger partial charge < -0.3 is 10.2 Å². The fourth-order valence-corrected chi connectivity index (χ4v) is 3.26. The molecule has 122 valence electrons. The predicted octanol–water partition coefficient (Wildman–Crippen LogP) is 4.08. The van der Waals surface area contributed by atoms with Crippen LogP contribution in [0.1, 0.15) is 15.4 Å². The van der Waals surface area contributed by atoms with Gasteiger partial charge in [0.25, 0.3) is 5.91 Å². The van der Waals surface area contributed by atoms with E-state index in [1.54, 1.807) is 12.1 Å². The first-order chi connectivity index (χ1) is 11.6. The Balaban J connectivity index is 1.65. The summed E-state index contributed by atoms with van der Waals surface area (Å²) in [7, 11) is 1.92. The molecule has 7 heteroatoms. The molecular formula is C17H15ClN4OS. The molecule has 0 radical (unpaired) electrons. The molecule has 3 aromatic rings. The molecule has 2 heterocycles. The van der Waals surface area contributed by atoms with Gasteiger partial charge in [-0.3, -0.25) is 4.79 Å². The first-order valence-electron chi connectivity index (χ1n) is 7.27. The maximum atomic E-state index is 12.1. The van der Waals surface area contributed by atoms with Crippen molar-refractivity contribution >= 4 is 40.4 Å². The van der Waals surface area contributed by atoms with Gasteiger partial charge in [-0.15, -0.1) is 21.5 Å². The lowest BCUT2D eigenvalue weighted by atomic mass is 10.3. The smallest absolute Gasteiger partial charge is 0.276 e. The Morgan fingerprint density at radius 3 is 2.54 bits per heavy atom. The molecule has 1 amide bonds. The number of nitrogens with one attached hydrogen (secondary N) is 1. The van der Waals surface area contributed by atoms with Crippen molar-refractivity contribution in [3.05, 3.63) is 69.5 Å². The van der Waals surface area contributed by atoms with Crippen LogP contribution < -0.4 is 10.2 Å². The Morgan fingerprint density at radius 2 is 1.92 bits per heavy atom. The molecule has 0 spiro atoms. The van der Waals surface area contributed by atoms with Crippen LogP contribution in [-0.4, -0.2) is 23.2 Å². The summed E-state index contributed by atoms with van der Waals surface area (Å²) in [5.74, 6) is 0.406. The Labute approximate surface area is 148 Å². The van der Waals surface area contributed by atoms with Crippen molar-refractivity contribution in [1.82, 2.24) is 10.2 Å². The van der Waals surface area contributed by atoms with Crippen LogP contribution >= 0.6 is 22.9 Å². The Morgan fingerprint density at radius 1 is 1.12 bits per heavy atom. The molecular weight excluding hydrogens is 344 g/mol. The van der Waals surface area contributed by atoms with Crippen molar-refractivity contribution < 1.29 is 4.79 Å². The molecule has 0 aliphatic carbocycles. The van der Waals surface area contributed by atoms with Crippen molar-refractivity contribution in [3.63, 3.8) is 0 Å². The van der Waals surface area contributed by atoms with Crippen LogP contribution in [0.5, 0.6) is 0 Å². The van der Waals surface area contributed by atoms with Crippen molar-refractivity contribution in [2.75, 3.05) is 17.3 Å². The molecule has 2 aromatic heterocycles. The maximum absolute atomic E-state index is 12.1. The number of thiophene rings is 1. The van der Waals surface area contributed by atoms with Gasteiger partial charge in [-0.05, 0) is 36.4 Å². The summed E-state index contributed by atoms with van der Waals surface area (Å²) in [6.45, 7) is 0.682. The van der Waals surface area contributed by atoms with Crippen LogP contribution in [0.3, 0.4) is 0 Å². The van der Waals surface area contributed by atoms with E-state index in [0.29, 0.717) is 12.4 Å². The minimum Gasteiger partial charge on any atom is -0.353 e. The largest absolute Gasteiger partial charge is 0.353 e. The molecule has 0 atom stereocenters. The zero-order chi connectivity index (χ0) is 16.9. The fraction of sp³-hybridized carbons (Fsp3) is 0.118. The van der Waals surface area contributed by atoms with E-state index in [1.807, 2.05) is 54.4 Å². The molecule has 5 nitrogen and oxygen atoms in total. The first kappa shape index (κ1) is 16.4. The zero-order valence-corrected chi connectivity index (χ0v) is 14.5. The van der Waals surface area contributed by atoms with E-state index in [-0.39, 0.29) is 11.6 Å². The number of nitrogens with zero attached hydrogens (tertiary/aromatic N) is 3. The average molecular weight is 359 g/mol. The highest BCUT2D eigenvalue weighted by Gasteiger charge is 2.11. The molecule has 0 unspecified atom stereocenters. The lowest BCUT2D eigenvalue weighted by Crippen LogP contribution is -2.19. The molecule has 0 bridgehead atoms. The average Bonchev–Trinajstić information content (AvgIpc) is 3.00. The van der Waals surface area contributed by atoms with Gasteiger partial charge in [-0.25, -0.2) is 0 Å². The van der Waals surface area contributed by atoms with Crippen LogP contribution in [0.15, 0.2) is 54.6 Å². The highest BCUT2D eigenvalue weighted by atomic mass is 35.5. The van der Waals surface area contributed by atoms with Crippen LogP contribution in [0, 0.1) is 0 Å². The van der Waals surface area contributed by atoms with Crippen molar-refractivity contribution in [3.8, 4) is 0 Å². The van der Waals surface area contributed by atoms with Crippen molar-refractivity contribution in [2.45, 2.75) is 6.54 Å². The number of amides is 1. The Kier molecular flexibility index (Phi) is 5.08. The molecule has 1 aromatic carbocycles. The van der Waals surface area contributed by atoms with Crippen molar-refractivity contribution in [1.29, 1.82) is 0 Å². The summed E-state index contributed by atoms with van der Waals surface area (Å²) in [5, 5.41) is 10.9. The van der Waals surface area contributed by atoms with Crippen LogP contribution in [0.4, 0.5) is 11.5 Å². The molecule has 0 aliphatic rings. The number of aromatic nitrogens is 2. The van der Waals surface area contributed by atoms with E-state index in [4.69, 9.17) is 11.6 Å². The predicted molar refractivity (Wildman–Crippen MR) is 97.9 cm³/mol. The second kappa shape index (κ2) is 7.42. The number of para-hydroxylation sites is 1. The van der Waals surface area contributed by atoms with E-state index in [0.717, 1.165) is 14.9 Å². The van der Waals surface area contributed by atoms with E-state index < -0.39 is 0 Å². The number of halogens is 1. The number of carbonyl (C=O) groups excluding carboxylic acids is 1. The van der Waals surface area contributed by atoms with Crippen LogP contribution in [-0.2, 0) is 6.54 Å². The lowest BCUT2D eigenvalue weighted by Gasteiger charge is -2.16. The Hall–Kier alpha value is -2.44. The van der Waals surface area contributed by atoms with Gasteiger partial charge in [-0.2, -0.15) is 0 Å². The minimum absolute atomic E-state index is 0.273. The summed E-state index contributed by atoms with van der Waals surface area (Å²) < 4.78 is 0.761. The van der Waals surface area contributed by atoms with Gasteiger partial charge in [0.15, 0.2) is 11.5 Å². The highest BCUT2D eigenvalue weighted by Crippen LogP contribution is 2.23. The van der Waals surface area contributed by atoms with Crippen LogP contribution in [0.25, 0.3) is 0 Å². The summed E-state index contributed by atoms with van der Waals surface area (Å²) in [4.78, 5) is 15.2. The summed E-state index contributed by atoms with van der Waals surface area (Å²) >= 11 is 7.47. The van der Waals surface area contributed by atoms with E-state index >= 15 is 0 Å². The zero-order valence-electron chi connectivity index (χ0n) is 12.9. The second-order valence-electron chi connectivity index (χ2n) is 5.16. The fourth-order valence-electron chi connectivity index (χ4n) is 2.12. The lowest BCUT2D eigenvalue weighted by molar-refractivity contribution is 0.102. The Bertz CT molecular complexity index is 820. The number of benzene rings is 1. The maximum Gasteiger partial charge on any atom is 0.276 e. The molecule has 0 saturated carbocycles. The number of carbonyl (C=O) groups is 1. The van der Waals surface area contributed by atoms with Gasteiger partial charge in [0, 0.05) is 17.6 Å². The molecule has 0 fully saturated rings. The number of rotatable bonds is 5. The van der Waals surface area contributed by atoms with Gasteiger partial charge >= 0.3 is 0 Å². The summed E-state index contributed by atoms with van der Waals surface area (Å²) in [6, 6.07) is 16.5. The highest BCUT2D eigenvalue weighted by molar-refractivity contribution is 7.16. The number of anilines is 2. The standard InChI is InChI=1S/C17H15ClN4OS/c1-22(11-13-7-9-15(18)24-13)16-10-8-14(20-21-16)17(23)19-12-5-3-2-4-6-12/h2-10H,11H2,1H3,(H,19,23). The molecule has 3 rings (SSSR count). The van der Waals surface area contributed by atoms with Gasteiger partial charge in [0.05, 0.1) is 10.9 Å². The monoisotopic (exact) mass is 358 g/mol. The normalized spacial score (nSPS) is 10.4.